The molecule has 4 aromatic carbocycles. The number of nitrogens with zero attached hydrogens (tertiary/aromatic N) is 3. The van der Waals surface area contributed by atoms with Crippen molar-refractivity contribution in [2.75, 3.05) is 55.6 Å². The van der Waals surface area contributed by atoms with Crippen LogP contribution in [0.25, 0.3) is 20.5 Å². The number of imide groups is 1. The van der Waals surface area contributed by atoms with Gasteiger partial charge in [-0.25, -0.2) is 4.39 Å². The Balaban J connectivity index is 0.744. The van der Waals surface area contributed by atoms with E-state index < -0.39 is 0 Å². The second-order valence-electron chi connectivity index (χ2n) is 16.4. The van der Waals surface area contributed by atoms with Crippen LogP contribution in [0.15, 0.2) is 84.9 Å². The van der Waals surface area contributed by atoms with E-state index in [-0.39, 0.29) is 41.0 Å². The molecule has 58 heavy (non-hydrogen) atoms. The molecule has 3 fully saturated rings. The van der Waals surface area contributed by atoms with Crippen LogP contribution in [0.4, 0.5) is 15.8 Å². The van der Waals surface area contributed by atoms with Gasteiger partial charge in [0, 0.05) is 91.1 Å². The Morgan fingerprint density at radius 2 is 1.45 bits per heavy atom. The van der Waals surface area contributed by atoms with Crippen LogP contribution in [-0.2, 0) is 16.0 Å². The Hall–Kier alpha value is -5.26. The lowest BCUT2D eigenvalue weighted by Gasteiger charge is -2.40. The summed E-state index contributed by atoms with van der Waals surface area (Å²) in [5.41, 5.74) is 5.24. The first-order valence-corrected chi connectivity index (χ1v) is 21.6. The number of rotatable bonds is 10. The molecule has 0 saturated carbocycles. The molecule has 11 heteroatoms. The third-order valence-electron chi connectivity index (χ3n) is 12.7. The Morgan fingerprint density at radius 1 is 0.741 bits per heavy atom. The molecule has 0 radical (unpaired) electrons. The van der Waals surface area contributed by atoms with E-state index in [1.54, 1.807) is 24.3 Å². The number of aryl methyl sites for hydroxylation is 1. The summed E-state index contributed by atoms with van der Waals surface area (Å²) in [4.78, 5) is 45.6. The quantitative estimate of drug-likeness (QED) is 0.135. The summed E-state index contributed by atoms with van der Waals surface area (Å²) < 4.78 is 21.1. The van der Waals surface area contributed by atoms with Gasteiger partial charge >= 0.3 is 0 Å². The molecule has 1 aliphatic carbocycles. The number of piperidine rings is 2. The Kier molecular flexibility index (Phi) is 10.9. The van der Waals surface area contributed by atoms with Crippen molar-refractivity contribution in [2.24, 2.45) is 17.8 Å². The number of hydrogen-bond acceptors (Lipinski definition) is 9. The van der Waals surface area contributed by atoms with Gasteiger partial charge in [0.2, 0.25) is 11.8 Å². The molecule has 5 aromatic rings. The van der Waals surface area contributed by atoms with Crippen LogP contribution in [0, 0.1) is 23.6 Å². The summed E-state index contributed by atoms with van der Waals surface area (Å²) in [5.74, 6) is 1.60. The molecule has 9 rings (SSSR count). The van der Waals surface area contributed by atoms with E-state index in [1.165, 1.54) is 34.8 Å². The number of amides is 2. The SMILES string of the molecule is O=C1CCC(CCC2CCc3cc(N4CCN(CC5CCN(c6ccc(Oc7c(-c8ccc(F)cc8)sc8cc(O)ccc78)cc6)CC5)CC4)ccc3C2=O)C(=O)N1. The number of carbonyl (C=O) groups excluding carboxylic acids is 3. The van der Waals surface area contributed by atoms with E-state index in [2.05, 4.69) is 44.3 Å². The molecule has 2 atom stereocenters. The summed E-state index contributed by atoms with van der Waals surface area (Å²) in [7, 11) is 0. The summed E-state index contributed by atoms with van der Waals surface area (Å²) in [5, 5.41) is 13.4. The van der Waals surface area contributed by atoms with Gasteiger partial charge in [0.05, 0.1) is 4.88 Å². The van der Waals surface area contributed by atoms with Gasteiger partial charge in [0.15, 0.2) is 11.5 Å². The molecule has 3 aliphatic heterocycles. The first-order valence-electron chi connectivity index (χ1n) is 20.8. The molecule has 2 N–H and O–H groups in total. The van der Waals surface area contributed by atoms with Crippen LogP contribution in [0.2, 0.25) is 0 Å². The Morgan fingerprint density at radius 3 is 2.21 bits per heavy atom. The Labute approximate surface area is 342 Å². The molecule has 2 unspecified atom stereocenters. The highest BCUT2D eigenvalue weighted by Gasteiger charge is 2.32. The first-order chi connectivity index (χ1) is 28.2. The molecule has 9 nitrogen and oxygen atoms in total. The highest BCUT2D eigenvalue weighted by Crippen LogP contribution is 2.47. The number of halogens is 1. The maximum Gasteiger partial charge on any atom is 0.229 e. The number of ketones is 1. The van der Waals surface area contributed by atoms with Gasteiger partial charge in [-0.1, -0.05) is 12.1 Å². The van der Waals surface area contributed by atoms with Crippen LogP contribution in [0.1, 0.15) is 60.9 Å². The van der Waals surface area contributed by atoms with Crippen LogP contribution in [0.5, 0.6) is 17.2 Å². The minimum absolute atomic E-state index is 0.0553. The minimum Gasteiger partial charge on any atom is -0.508 e. The molecular weight excluding hydrogens is 752 g/mol. The van der Waals surface area contributed by atoms with Crippen molar-refractivity contribution < 1.29 is 28.6 Å². The fraction of sp³-hybridized carbons (Fsp3) is 0.383. The van der Waals surface area contributed by atoms with E-state index in [4.69, 9.17) is 4.74 Å². The van der Waals surface area contributed by atoms with Gasteiger partial charge < -0.3 is 19.6 Å². The molecule has 3 saturated heterocycles. The zero-order valence-corrected chi connectivity index (χ0v) is 33.4. The number of nitrogens with one attached hydrogen (secondary N) is 1. The number of anilines is 2. The van der Waals surface area contributed by atoms with E-state index in [1.807, 2.05) is 24.3 Å². The molecule has 0 spiro atoms. The number of hydrogen-bond donors (Lipinski definition) is 2. The van der Waals surface area contributed by atoms with E-state index in [0.717, 1.165) is 109 Å². The number of phenols is 1. The minimum atomic E-state index is -0.288. The molecule has 1 aromatic heterocycles. The van der Waals surface area contributed by atoms with E-state index in [0.29, 0.717) is 37.4 Å². The van der Waals surface area contributed by atoms with Crippen LogP contribution < -0.4 is 19.9 Å². The van der Waals surface area contributed by atoms with Gasteiger partial charge in [-0.15, -0.1) is 11.3 Å². The number of benzene rings is 4. The highest BCUT2D eigenvalue weighted by molar-refractivity contribution is 7.22. The predicted octanol–water partition coefficient (Wildman–Crippen LogP) is 8.82. The van der Waals surface area contributed by atoms with Crippen molar-refractivity contribution in [3.63, 3.8) is 0 Å². The second-order valence-corrected chi connectivity index (χ2v) is 17.5. The van der Waals surface area contributed by atoms with Crippen molar-refractivity contribution >= 4 is 50.4 Å². The molecule has 0 bridgehead atoms. The fourth-order valence-corrected chi connectivity index (χ4v) is 10.5. The summed E-state index contributed by atoms with van der Waals surface area (Å²) >= 11 is 1.52. The molecule has 4 aliphatic rings. The van der Waals surface area contributed by atoms with Gasteiger partial charge in [0.1, 0.15) is 17.3 Å². The lowest BCUT2D eigenvalue weighted by molar-refractivity contribution is -0.136. The predicted molar refractivity (Wildman–Crippen MR) is 227 cm³/mol. The average molecular weight is 801 g/mol. The van der Waals surface area contributed by atoms with Crippen LogP contribution in [0.3, 0.4) is 0 Å². The molecule has 300 valence electrons. The maximum atomic E-state index is 13.7. The number of thiophene rings is 1. The number of Topliss-reactive ketones (excluding diaryl/α,β-unsaturated/α-hetero) is 1. The third-order valence-corrected chi connectivity index (χ3v) is 13.9. The van der Waals surface area contributed by atoms with Crippen molar-refractivity contribution in [2.45, 2.75) is 51.4 Å². The molecular formula is C47H49FN4O5S. The smallest absolute Gasteiger partial charge is 0.229 e. The van der Waals surface area contributed by atoms with Crippen molar-refractivity contribution in [3.8, 4) is 27.7 Å². The summed E-state index contributed by atoms with van der Waals surface area (Å²) in [6, 6.07) is 26.4. The van der Waals surface area contributed by atoms with E-state index >= 15 is 0 Å². The Bertz CT molecular complexity index is 2310. The molecule has 4 heterocycles. The van der Waals surface area contributed by atoms with Gasteiger partial charge in [-0.3, -0.25) is 24.6 Å². The van der Waals surface area contributed by atoms with Gasteiger partial charge in [-0.05, 0) is 135 Å². The fourth-order valence-electron chi connectivity index (χ4n) is 9.32. The lowest BCUT2D eigenvalue weighted by Crippen LogP contribution is -2.49. The van der Waals surface area contributed by atoms with Crippen molar-refractivity contribution in [3.05, 3.63) is 102 Å². The monoisotopic (exact) mass is 800 g/mol. The lowest BCUT2D eigenvalue weighted by atomic mass is 9.78. The number of ether oxygens (including phenoxy) is 1. The second kappa shape index (κ2) is 16.5. The maximum absolute atomic E-state index is 13.7. The number of phenolic OH excluding ortho intramolecular Hbond substituents is 1. The number of fused-ring (bicyclic) bond motifs is 2. The standard InChI is InChI=1S/C47H49FN4O5S/c48-35-8-5-32(6-9-35)46-45(41-17-13-38(53)28-42(41)58-46)57-39-14-10-36(11-15-39)51-21-19-30(20-22-51)29-50-23-25-52(26-24-50)37-12-16-40-34(27-37)4-2-31(44(40)55)1-3-33-7-18-43(54)49-47(33)56/h5-6,8-17,27-28,30-31,33,53H,1-4,7,18-26,29H2,(H,49,54,56). The number of carbonyl (C=O) groups is 3. The normalized spacial score (nSPS) is 20.7. The first kappa shape index (κ1) is 38.3. The highest BCUT2D eigenvalue weighted by atomic mass is 32.1. The van der Waals surface area contributed by atoms with Gasteiger partial charge in [-0.2, -0.15) is 0 Å². The summed E-state index contributed by atoms with van der Waals surface area (Å²) in [6.07, 6.45) is 6.32. The van der Waals surface area contributed by atoms with Crippen LogP contribution in [-0.4, -0.2) is 73.4 Å². The van der Waals surface area contributed by atoms with Crippen LogP contribution >= 0.6 is 11.3 Å². The van der Waals surface area contributed by atoms with E-state index in [9.17, 15) is 23.9 Å². The average Bonchev–Trinajstić information content (AvgIpc) is 3.59. The topological polar surface area (TPSA) is 102 Å². The zero-order valence-electron chi connectivity index (χ0n) is 32.6. The molecule has 2 amide bonds. The third kappa shape index (κ3) is 8.20. The zero-order chi connectivity index (χ0) is 39.8. The summed E-state index contributed by atoms with van der Waals surface area (Å²) in [6.45, 7) is 7.17. The van der Waals surface area contributed by atoms with Gasteiger partial charge in [0.25, 0.3) is 0 Å². The van der Waals surface area contributed by atoms with Crippen molar-refractivity contribution in [1.82, 2.24) is 10.2 Å². The number of aromatic hydroxyl groups is 1. The largest absolute Gasteiger partial charge is 0.508 e. The number of piperazine rings is 1. The van der Waals surface area contributed by atoms with Crippen molar-refractivity contribution in [1.29, 1.82) is 0 Å².